The molecule has 2 nitrogen and oxygen atoms in total. The molecule has 0 saturated carbocycles. The van der Waals surface area contributed by atoms with Crippen LogP contribution in [0.5, 0.6) is 5.75 Å². The van der Waals surface area contributed by atoms with Crippen LogP contribution in [-0.4, -0.2) is 19.7 Å². The van der Waals surface area contributed by atoms with E-state index in [1.165, 1.54) is 12.1 Å². The minimum absolute atomic E-state index is 0.125. The number of hydrogen-bond donors (Lipinski definition) is 1. The van der Waals surface area contributed by atoms with E-state index in [0.717, 1.165) is 6.54 Å². The van der Waals surface area contributed by atoms with Crippen molar-refractivity contribution in [2.75, 3.05) is 13.1 Å². The van der Waals surface area contributed by atoms with Crippen molar-refractivity contribution < 1.29 is 13.5 Å². The predicted molar refractivity (Wildman–Crippen MR) is 74.8 cm³/mol. The quantitative estimate of drug-likeness (QED) is 0.760. The van der Waals surface area contributed by atoms with Crippen LogP contribution >= 0.6 is 11.6 Å². The molecular formula is C14H18ClF2NO. The van der Waals surface area contributed by atoms with Crippen LogP contribution in [-0.2, 0) is 0 Å². The number of hydrogen-bond acceptors (Lipinski definition) is 2. The van der Waals surface area contributed by atoms with Gasteiger partial charge < -0.3 is 10.1 Å². The van der Waals surface area contributed by atoms with Crippen molar-refractivity contribution in [3.05, 3.63) is 34.9 Å². The van der Waals surface area contributed by atoms with Crippen molar-refractivity contribution >= 4 is 17.7 Å². The predicted octanol–water partition coefficient (Wildman–Crippen LogP) is 4.20. The molecule has 106 valence electrons. The van der Waals surface area contributed by atoms with Crippen molar-refractivity contribution in [3.63, 3.8) is 0 Å². The first-order chi connectivity index (χ1) is 8.99. The van der Waals surface area contributed by atoms with Crippen LogP contribution in [0.3, 0.4) is 0 Å². The van der Waals surface area contributed by atoms with Crippen LogP contribution in [0, 0.1) is 5.92 Å². The molecule has 5 heteroatoms. The van der Waals surface area contributed by atoms with Crippen LogP contribution < -0.4 is 10.1 Å². The van der Waals surface area contributed by atoms with E-state index in [4.69, 9.17) is 11.6 Å². The van der Waals surface area contributed by atoms with Crippen LogP contribution in [0.25, 0.3) is 6.08 Å². The van der Waals surface area contributed by atoms with Gasteiger partial charge in [-0.25, -0.2) is 0 Å². The number of rotatable bonds is 7. The summed E-state index contributed by atoms with van der Waals surface area (Å²) in [4.78, 5) is 0. The summed E-state index contributed by atoms with van der Waals surface area (Å²) in [5.41, 5.74) is 0.541. The molecule has 0 aliphatic heterocycles. The Kier molecular flexibility index (Phi) is 6.81. The fraction of sp³-hybridized carbons (Fsp3) is 0.429. The summed E-state index contributed by atoms with van der Waals surface area (Å²) >= 11 is 5.84. The topological polar surface area (TPSA) is 21.3 Å². The van der Waals surface area contributed by atoms with E-state index in [0.29, 0.717) is 23.0 Å². The molecule has 0 atom stereocenters. The van der Waals surface area contributed by atoms with E-state index in [2.05, 4.69) is 23.9 Å². The Morgan fingerprint density at radius 3 is 2.74 bits per heavy atom. The molecule has 0 fully saturated rings. The third-order valence-electron chi connectivity index (χ3n) is 2.30. The maximum atomic E-state index is 12.2. The number of alkyl halides is 2. The molecule has 0 aromatic heterocycles. The lowest BCUT2D eigenvalue weighted by Gasteiger charge is -2.08. The zero-order chi connectivity index (χ0) is 14.3. The molecule has 0 aliphatic carbocycles. The molecule has 0 spiro atoms. The second kappa shape index (κ2) is 8.12. The van der Waals surface area contributed by atoms with Crippen molar-refractivity contribution in [2.45, 2.75) is 20.5 Å². The number of ether oxygens (including phenoxy) is 1. The van der Waals surface area contributed by atoms with Gasteiger partial charge in [-0.05, 0) is 30.7 Å². The largest absolute Gasteiger partial charge is 0.434 e. The van der Waals surface area contributed by atoms with Gasteiger partial charge in [0.25, 0.3) is 0 Å². The molecule has 0 saturated heterocycles. The minimum atomic E-state index is -2.84. The number of nitrogens with one attached hydrogen (secondary N) is 1. The lowest BCUT2D eigenvalue weighted by molar-refractivity contribution is -0.0499. The Morgan fingerprint density at radius 1 is 1.37 bits per heavy atom. The Bertz CT molecular complexity index is 422. The summed E-state index contributed by atoms with van der Waals surface area (Å²) in [7, 11) is 0. The third kappa shape index (κ3) is 6.55. The highest BCUT2D eigenvalue weighted by atomic mass is 35.5. The van der Waals surface area contributed by atoms with Gasteiger partial charge in [-0.3, -0.25) is 0 Å². The minimum Gasteiger partial charge on any atom is -0.434 e. The zero-order valence-corrected chi connectivity index (χ0v) is 11.8. The van der Waals surface area contributed by atoms with E-state index in [1.807, 2.05) is 6.08 Å². The smallest absolute Gasteiger partial charge is 0.387 e. The molecule has 0 aliphatic rings. The SMILES string of the molecule is CC(C)CNCC=Cc1cc(Cl)ccc1OC(F)F. The van der Waals surface area contributed by atoms with Gasteiger partial charge >= 0.3 is 6.61 Å². The first-order valence-electron chi connectivity index (χ1n) is 6.10. The molecule has 1 aromatic rings. The van der Waals surface area contributed by atoms with Crippen molar-refractivity contribution in [1.29, 1.82) is 0 Å². The van der Waals surface area contributed by atoms with Gasteiger partial charge in [0.2, 0.25) is 0 Å². The molecular weight excluding hydrogens is 272 g/mol. The maximum absolute atomic E-state index is 12.2. The van der Waals surface area contributed by atoms with Gasteiger partial charge in [0.1, 0.15) is 5.75 Å². The summed E-state index contributed by atoms with van der Waals surface area (Å²) in [6.45, 7) is 2.95. The average molecular weight is 290 g/mol. The van der Waals surface area contributed by atoms with E-state index in [1.54, 1.807) is 12.1 Å². The Hall–Kier alpha value is -1.13. The molecule has 0 radical (unpaired) electrons. The van der Waals surface area contributed by atoms with Gasteiger partial charge in [0.05, 0.1) is 0 Å². The molecule has 1 N–H and O–H groups in total. The second-order valence-electron chi connectivity index (χ2n) is 4.52. The van der Waals surface area contributed by atoms with E-state index in [9.17, 15) is 8.78 Å². The highest BCUT2D eigenvalue weighted by molar-refractivity contribution is 6.30. The highest BCUT2D eigenvalue weighted by Gasteiger charge is 2.08. The fourth-order valence-electron chi connectivity index (χ4n) is 1.49. The molecule has 0 unspecified atom stereocenters. The Morgan fingerprint density at radius 2 is 2.11 bits per heavy atom. The van der Waals surface area contributed by atoms with Crippen LogP contribution in [0.1, 0.15) is 19.4 Å². The molecule has 0 bridgehead atoms. The fourth-order valence-corrected chi connectivity index (χ4v) is 1.67. The zero-order valence-electron chi connectivity index (χ0n) is 11.0. The summed E-state index contributed by atoms with van der Waals surface area (Å²) in [5.74, 6) is 0.691. The number of halogens is 3. The molecule has 0 amide bonds. The molecule has 0 heterocycles. The maximum Gasteiger partial charge on any atom is 0.387 e. The van der Waals surface area contributed by atoms with Crippen LogP contribution in [0.2, 0.25) is 5.02 Å². The summed E-state index contributed by atoms with van der Waals surface area (Å²) in [6, 6.07) is 4.56. The normalized spacial score (nSPS) is 11.7. The number of benzene rings is 1. The van der Waals surface area contributed by atoms with Crippen molar-refractivity contribution in [3.8, 4) is 5.75 Å². The third-order valence-corrected chi connectivity index (χ3v) is 2.54. The molecule has 1 aromatic carbocycles. The van der Waals surface area contributed by atoms with Gasteiger partial charge in [-0.15, -0.1) is 0 Å². The lowest BCUT2D eigenvalue weighted by atomic mass is 10.2. The first kappa shape index (κ1) is 15.9. The Balaban J connectivity index is 2.64. The highest BCUT2D eigenvalue weighted by Crippen LogP contribution is 2.25. The van der Waals surface area contributed by atoms with Crippen LogP contribution in [0.15, 0.2) is 24.3 Å². The summed E-state index contributed by atoms with van der Waals surface area (Å²) in [6.07, 6.45) is 3.57. The van der Waals surface area contributed by atoms with Crippen molar-refractivity contribution in [2.24, 2.45) is 5.92 Å². The monoisotopic (exact) mass is 289 g/mol. The Labute approximate surface area is 117 Å². The average Bonchev–Trinajstić information content (AvgIpc) is 2.31. The molecule has 1 rings (SSSR count). The van der Waals surface area contributed by atoms with Gasteiger partial charge in [0, 0.05) is 17.1 Å². The lowest BCUT2D eigenvalue weighted by Crippen LogP contribution is -2.19. The first-order valence-corrected chi connectivity index (χ1v) is 6.48. The summed E-state index contributed by atoms with van der Waals surface area (Å²) < 4.78 is 28.9. The van der Waals surface area contributed by atoms with E-state index < -0.39 is 6.61 Å². The van der Waals surface area contributed by atoms with Crippen molar-refractivity contribution in [1.82, 2.24) is 5.32 Å². The standard InChI is InChI=1S/C14H18ClF2NO/c1-10(2)9-18-7-3-4-11-8-12(15)5-6-13(11)19-14(16)17/h3-6,8,10,14,18H,7,9H2,1-2H3. The summed E-state index contributed by atoms with van der Waals surface area (Å²) in [5, 5.41) is 3.70. The second-order valence-corrected chi connectivity index (χ2v) is 4.95. The van der Waals surface area contributed by atoms with Gasteiger partial charge in [0.15, 0.2) is 0 Å². The van der Waals surface area contributed by atoms with Gasteiger partial charge in [-0.1, -0.05) is 37.6 Å². The van der Waals surface area contributed by atoms with Gasteiger partial charge in [-0.2, -0.15) is 8.78 Å². The van der Waals surface area contributed by atoms with E-state index >= 15 is 0 Å². The van der Waals surface area contributed by atoms with Crippen LogP contribution in [0.4, 0.5) is 8.78 Å². The van der Waals surface area contributed by atoms with E-state index in [-0.39, 0.29) is 5.75 Å². The molecule has 19 heavy (non-hydrogen) atoms.